The van der Waals surface area contributed by atoms with Crippen molar-refractivity contribution >= 4 is 63.8 Å². The Kier molecular flexibility index (Phi) is 7.57. The topological polar surface area (TPSA) is 109 Å². The van der Waals surface area contributed by atoms with Gasteiger partial charge in [-0.05, 0) is 42.5 Å². The van der Waals surface area contributed by atoms with Crippen LogP contribution >= 0.6 is 34.7 Å². The Morgan fingerprint density at radius 2 is 1.67 bits per heavy atom. The minimum atomic E-state index is -4.67. The third-order valence-electron chi connectivity index (χ3n) is 7.03. The highest BCUT2D eigenvalue weighted by Crippen LogP contribution is 2.54. The summed E-state index contributed by atoms with van der Waals surface area (Å²) >= 11 is 8.02. The lowest BCUT2D eigenvalue weighted by atomic mass is 9.82. The van der Waals surface area contributed by atoms with Crippen molar-refractivity contribution in [3.05, 3.63) is 103 Å². The summed E-state index contributed by atoms with van der Waals surface area (Å²) in [4.78, 5) is 56.6. The number of nitrogens with zero attached hydrogens (tertiary/aromatic N) is 1. The minimum absolute atomic E-state index is 0.175. The number of ether oxygens (including phenoxy) is 1. The number of carbonyl (C=O) groups is 3. The highest BCUT2D eigenvalue weighted by Gasteiger charge is 2.56. The Morgan fingerprint density at radius 1 is 0.977 bits per heavy atom. The normalized spacial score (nSPS) is 19.6. The van der Waals surface area contributed by atoms with E-state index in [1.807, 2.05) is 0 Å². The number of thioether (sulfide) groups is 1. The molecular weight excluding hydrogens is 627 g/mol. The molecule has 2 aliphatic rings. The van der Waals surface area contributed by atoms with E-state index in [9.17, 15) is 32.3 Å². The number of benzene rings is 3. The first-order valence-electron chi connectivity index (χ1n) is 12.7. The van der Waals surface area contributed by atoms with Crippen molar-refractivity contribution in [2.75, 3.05) is 16.8 Å². The van der Waals surface area contributed by atoms with E-state index in [1.165, 1.54) is 12.1 Å². The molecule has 43 heavy (non-hydrogen) atoms. The molecule has 2 aliphatic heterocycles. The van der Waals surface area contributed by atoms with Crippen molar-refractivity contribution in [2.45, 2.75) is 22.4 Å². The second kappa shape index (κ2) is 11.2. The highest BCUT2D eigenvalue weighted by atomic mass is 35.5. The molecule has 3 atom stereocenters. The third kappa shape index (κ3) is 5.43. The number of hydrogen-bond donors (Lipinski definition) is 2. The molecule has 0 aliphatic carbocycles. The first-order chi connectivity index (χ1) is 20.5. The van der Waals surface area contributed by atoms with Gasteiger partial charge in [-0.3, -0.25) is 19.2 Å². The van der Waals surface area contributed by atoms with Crippen molar-refractivity contribution < 1.29 is 32.3 Å². The number of nitrogens with one attached hydrogen (secondary N) is 2. The molecule has 1 aromatic heterocycles. The number of aromatic amines is 1. The van der Waals surface area contributed by atoms with Crippen LogP contribution in [0.3, 0.4) is 0 Å². The van der Waals surface area contributed by atoms with Crippen LogP contribution in [0.15, 0.2) is 82.6 Å². The third-order valence-corrected chi connectivity index (χ3v) is 9.68. The van der Waals surface area contributed by atoms with Crippen LogP contribution < -0.4 is 19.8 Å². The van der Waals surface area contributed by atoms with E-state index in [4.69, 9.17) is 16.3 Å². The molecule has 2 N–H and O–H groups in total. The standard InChI is InChI=1S/C29H19ClF3N3O5S2/c30-14-9-11-15(12-10-14)36-26(38)22-21(23-25(35-28(40)43-23)42-24(22)27(36)39)16-5-1-4-8-19(16)41-13-20(37)34-18-7-3-2-6-17(18)29(31,32)33/h1-12,21-22,24H,13H2,(H,34,37)(H,35,40)/t21-,22-,24+/m0/s1. The number of halogens is 4. The van der Waals surface area contributed by atoms with Crippen LogP contribution in [0.1, 0.15) is 21.9 Å². The summed E-state index contributed by atoms with van der Waals surface area (Å²) < 4.78 is 45.9. The smallest absolute Gasteiger partial charge is 0.418 e. The van der Waals surface area contributed by atoms with Gasteiger partial charge in [0.2, 0.25) is 11.8 Å². The molecule has 1 fully saturated rings. The summed E-state index contributed by atoms with van der Waals surface area (Å²) in [5.41, 5.74) is -0.621. The average molecular weight is 646 g/mol. The molecule has 0 spiro atoms. The number of rotatable bonds is 6. The van der Waals surface area contributed by atoms with Crippen molar-refractivity contribution in [3.63, 3.8) is 0 Å². The van der Waals surface area contributed by atoms with Gasteiger partial charge in [0.1, 0.15) is 11.0 Å². The zero-order valence-electron chi connectivity index (χ0n) is 21.7. The van der Waals surface area contributed by atoms with Crippen molar-refractivity contribution in [1.82, 2.24) is 4.98 Å². The van der Waals surface area contributed by atoms with Crippen LogP contribution in [0.4, 0.5) is 24.5 Å². The Bertz CT molecular complexity index is 1810. The number of thiazole rings is 1. The van der Waals surface area contributed by atoms with Gasteiger partial charge in [0.15, 0.2) is 6.61 Å². The van der Waals surface area contributed by atoms with Gasteiger partial charge >= 0.3 is 11.0 Å². The predicted molar refractivity (Wildman–Crippen MR) is 156 cm³/mol. The van der Waals surface area contributed by atoms with Crippen LogP contribution in [0.5, 0.6) is 5.75 Å². The Morgan fingerprint density at radius 3 is 2.42 bits per heavy atom. The highest BCUT2D eigenvalue weighted by molar-refractivity contribution is 8.00. The fourth-order valence-electron chi connectivity index (χ4n) is 5.23. The first-order valence-corrected chi connectivity index (χ1v) is 14.8. The fraction of sp³-hybridized carbons (Fsp3) is 0.172. The van der Waals surface area contributed by atoms with E-state index in [2.05, 4.69) is 10.3 Å². The number of aromatic nitrogens is 1. The molecule has 14 heteroatoms. The predicted octanol–water partition coefficient (Wildman–Crippen LogP) is 5.92. The summed E-state index contributed by atoms with van der Waals surface area (Å²) in [6, 6.07) is 17.4. The fourth-order valence-corrected chi connectivity index (χ4v) is 7.87. The number of H-pyrrole nitrogens is 1. The molecule has 220 valence electrons. The Balaban J connectivity index is 1.32. The van der Waals surface area contributed by atoms with E-state index in [0.29, 0.717) is 26.2 Å². The Labute approximate surface area is 254 Å². The van der Waals surface area contributed by atoms with Crippen LogP contribution in [0, 0.1) is 5.92 Å². The van der Waals surface area contributed by atoms with Gasteiger partial charge in [0, 0.05) is 21.4 Å². The minimum Gasteiger partial charge on any atom is -0.483 e. The molecule has 0 saturated carbocycles. The molecule has 4 aromatic rings. The Hall–Kier alpha value is -4.07. The molecular formula is C29H19ClF3N3O5S2. The monoisotopic (exact) mass is 645 g/mol. The molecule has 0 radical (unpaired) electrons. The largest absolute Gasteiger partial charge is 0.483 e. The van der Waals surface area contributed by atoms with Crippen molar-refractivity contribution in [3.8, 4) is 5.75 Å². The first kappa shape index (κ1) is 29.0. The number of carbonyl (C=O) groups excluding carboxylic acids is 3. The maximum Gasteiger partial charge on any atom is 0.418 e. The molecule has 0 unspecified atom stereocenters. The summed E-state index contributed by atoms with van der Waals surface area (Å²) in [7, 11) is 0. The lowest BCUT2D eigenvalue weighted by Crippen LogP contribution is -2.32. The van der Waals surface area contributed by atoms with Crippen LogP contribution in [-0.4, -0.2) is 34.6 Å². The van der Waals surface area contributed by atoms with Gasteiger partial charge in [0.05, 0.1) is 27.9 Å². The molecule has 8 nitrogen and oxygen atoms in total. The zero-order valence-corrected chi connectivity index (χ0v) is 24.1. The molecule has 3 amide bonds. The van der Waals surface area contributed by atoms with Gasteiger partial charge < -0.3 is 15.0 Å². The summed E-state index contributed by atoms with van der Waals surface area (Å²) in [6.07, 6.45) is -4.67. The summed E-state index contributed by atoms with van der Waals surface area (Å²) in [6.45, 7) is -0.640. The average Bonchev–Trinajstić information content (AvgIpc) is 3.46. The number of para-hydroxylation sites is 2. The molecule has 3 aromatic carbocycles. The second-order valence-electron chi connectivity index (χ2n) is 9.66. The molecule has 1 saturated heterocycles. The summed E-state index contributed by atoms with van der Waals surface area (Å²) in [5, 5.41) is 2.27. The van der Waals surface area contributed by atoms with Crippen LogP contribution in [-0.2, 0) is 20.6 Å². The lowest BCUT2D eigenvalue weighted by Gasteiger charge is -2.30. The maximum absolute atomic E-state index is 13.9. The van der Waals surface area contributed by atoms with Crippen LogP contribution in [0.25, 0.3) is 0 Å². The van der Waals surface area contributed by atoms with Gasteiger partial charge in [0.25, 0.3) is 5.91 Å². The van der Waals surface area contributed by atoms with Gasteiger partial charge in [-0.2, -0.15) is 13.2 Å². The lowest BCUT2D eigenvalue weighted by molar-refractivity contribution is -0.137. The van der Waals surface area contributed by atoms with Crippen molar-refractivity contribution in [2.24, 2.45) is 5.92 Å². The van der Waals surface area contributed by atoms with E-state index in [-0.39, 0.29) is 10.6 Å². The van der Waals surface area contributed by atoms with Gasteiger partial charge in [-0.1, -0.05) is 65.0 Å². The molecule has 6 rings (SSSR count). The van der Waals surface area contributed by atoms with E-state index >= 15 is 0 Å². The van der Waals surface area contributed by atoms with Gasteiger partial charge in [-0.25, -0.2) is 4.90 Å². The van der Waals surface area contributed by atoms with Gasteiger partial charge in [-0.15, -0.1) is 0 Å². The number of imide groups is 1. The maximum atomic E-state index is 13.9. The number of alkyl halides is 3. The second-order valence-corrected chi connectivity index (χ2v) is 12.3. The van der Waals surface area contributed by atoms with Crippen LogP contribution in [0.2, 0.25) is 5.02 Å². The number of anilines is 2. The molecule has 3 heterocycles. The number of hydrogen-bond acceptors (Lipinski definition) is 7. The zero-order chi connectivity index (χ0) is 30.5. The van der Waals surface area contributed by atoms with E-state index < -0.39 is 58.8 Å². The molecule has 0 bridgehead atoms. The quantitative estimate of drug-likeness (QED) is 0.252. The van der Waals surface area contributed by atoms with Crippen molar-refractivity contribution in [1.29, 1.82) is 0 Å². The van der Waals surface area contributed by atoms with E-state index in [1.54, 1.807) is 48.5 Å². The summed E-state index contributed by atoms with van der Waals surface area (Å²) in [5.74, 6) is -3.29. The number of fused-ring (bicyclic) bond motifs is 2. The number of amides is 3. The SMILES string of the molecule is O=C(COc1ccccc1[C@@H]1c2sc(=O)[nH]c2S[C@H]2C(=O)N(c3ccc(Cl)cc3)C(=O)[C@@H]12)Nc1ccccc1C(F)(F)F. The van der Waals surface area contributed by atoms with E-state index in [0.717, 1.165) is 40.1 Å².